The topological polar surface area (TPSA) is 152 Å². The van der Waals surface area contributed by atoms with Crippen LogP contribution < -0.4 is 16.2 Å². The smallest absolute Gasteiger partial charge is 0.238 e. The number of aliphatic imine (C=N–C) groups is 2. The molecule has 0 aromatic heterocycles. The molecule has 9 atom stereocenters. The second-order valence-corrected chi connectivity index (χ2v) is 13.4. The van der Waals surface area contributed by atoms with E-state index in [4.69, 9.17) is 21.2 Å². The van der Waals surface area contributed by atoms with Crippen molar-refractivity contribution in [3.63, 3.8) is 0 Å². The van der Waals surface area contributed by atoms with Gasteiger partial charge in [0, 0.05) is 24.9 Å². The summed E-state index contributed by atoms with van der Waals surface area (Å²) < 4.78 is 34.1. The molecule has 0 spiro atoms. The molecule has 3 rings (SSSR count). The number of hydrogen-bond acceptors (Lipinski definition) is 8. The highest BCUT2D eigenvalue weighted by Crippen LogP contribution is 2.39. The first-order valence-corrected chi connectivity index (χ1v) is 15.0. The Morgan fingerprint density at radius 1 is 1.29 bits per heavy atom. The van der Waals surface area contributed by atoms with Crippen LogP contribution in [0.2, 0.25) is 0 Å². The van der Waals surface area contributed by atoms with Crippen molar-refractivity contribution in [3.05, 3.63) is 0 Å². The van der Waals surface area contributed by atoms with E-state index in [-0.39, 0.29) is 29.8 Å². The molecule has 0 bridgehead atoms. The highest BCUT2D eigenvalue weighted by atomic mass is 32.2. The number of methoxy groups -OCH3 is 1. The van der Waals surface area contributed by atoms with Gasteiger partial charge in [-0.25, -0.2) is 8.42 Å². The first kappa shape index (κ1) is 27.7. The van der Waals surface area contributed by atoms with Crippen molar-refractivity contribution in [2.24, 2.45) is 39.2 Å². The molecule has 0 aromatic rings. The van der Waals surface area contributed by atoms with Crippen molar-refractivity contribution in [1.29, 1.82) is 0 Å². The number of sulfonamides is 1. The molecule has 2 saturated carbocycles. The van der Waals surface area contributed by atoms with Crippen LogP contribution in [0.4, 0.5) is 0 Å². The van der Waals surface area contributed by atoms with Gasteiger partial charge < -0.3 is 21.3 Å². The third-order valence-electron chi connectivity index (χ3n) is 7.88. The number of nitrogens with one attached hydrogen (secondary N) is 1. The number of aliphatic hydroxyl groups excluding tert-OH is 1. The zero-order valence-corrected chi connectivity index (χ0v) is 22.5. The summed E-state index contributed by atoms with van der Waals surface area (Å²) >= 11 is 1.68. The van der Waals surface area contributed by atoms with E-state index >= 15 is 0 Å². The molecule has 3 aliphatic rings. The molecule has 0 aromatic carbocycles. The Balaban J connectivity index is 1.47. The fourth-order valence-corrected chi connectivity index (χ4v) is 9.23. The SMILES string of the molecule is COC1CC(C)C(S(=O)(=O)NC(N)=NCCC[C@H](N)C(O)C2=NC3CCCCC3S2)C(C)C1C. The van der Waals surface area contributed by atoms with Crippen LogP contribution in [0.3, 0.4) is 0 Å². The summed E-state index contributed by atoms with van der Waals surface area (Å²) in [5.74, 6) is -0.102. The number of nitrogens with two attached hydrogens (primary N) is 2. The molecule has 6 N–H and O–H groups in total. The molecule has 2 fully saturated rings. The Kier molecular flexibility index (Phi) is 9.70. The van der Waals surface area contributed by atoms with E-state index in [0.717, 1.165) is 17.9 Å². The van der Waals surface area contributed by atoms with E-state index in [0.29, 0.717) is 37.1 Å². The van der Waals surface area contributed by atoms with Crippen LogP contribution in [0.25, 0.3) is 0 Å². The normalized spacial score (nSPS) is 36.5. The fourth-order valence-electron chi connectivity index (χ4n) is 5.74. The highest BCUT2D eigenvalue weighted by molar-refractivity contribution is 8.14. The summed E-state index contributed by atoms with van der Waals surface area (Å²) in [6.07, 6.45) is 5.80. The number of hydrogen-bond donors (Lipinski definition) is 4. The molecule has 0 amide bonds. The second kappa shape index (κ2) is 11.9. The predicted molar refractivity (Wildman–Crippen MR) is 140 cm³/mol. The van der Waals surface area contributed by atoms with Crippen molar-refractivity contribution in [2.45, 2.75) is 101 Å². The Hall–Kier alpha value is -0.880. The number of guanidine groups is 1. The van der Waals surface area contributed by atoms with Gasteiger partial charge in [0.1, 0.15) is 6.10 Å². The maximum Gasteiger partial charge on any atom is 0.238 e. The maximum absolute atomic E-state index is 13.1. The molecule has 2 aliphatic carbocycles. The minimum Gasteiger partial charge on any atom is -0.385 e. The molecule has 1 heterocycles. The third kappa shape index (κ3) is 6.46. The largest absolute Gasteiger partial charge is 0.385 e. The van der Waals surface area contributed by atoms with E-state index in [9.17, 15) is 13.5 Å². The fraction of sp³-hybridized carbons (Fsp3) is 0.913. The Labute approximate surface area is 209 Å². The zero-order valence-electron chi connectivity index (χ0n) is 20.9. The molecule has 1 aliphatic heterocycles. The Morgan fingerprint density at radius 2 is 2.00 bits per heavy atom. The molecule has 0 radical (unpaired) electrons. The van der Waals surface area contributed by atoms with E-state index < -0.39 is 27.4 Å². The summed E-state index contributed by atoms with van der Waals surface area (Å²) in [5, 5.41) is 11.3. The molecular formula is C23H43N5O4S2. The lowest BCUT2D eigenvalue weighted by molar-refractivity contribution is -0.00789. The van der Waals surface area contributed by atoms with Crippen molar-refractivity contribution < 1.29 is 18.3 Å². The van der Waals surface area contributed by atoms with Gasteiger partial charge in [-0.05, 0) is 49.9 Å². The number of ether oxygens (including phenoxy) is 1. The highest BCUT2D eigenvalue weighted by Gasteiger charge is 2.45. The number of thioether (sulfide) groups is 1. The summed E-state index contributed by atoms with van der Waals surface area (Å²) in [7, 11) is -2.00. The summed E-state index contributed by atoms with van der Waals surface area (Å²) in [6, 6.07) is -0.107. The molecule has 34 heavy (non-hydrogen) atoms. The molecule has 0 saturated heterocycles. The Morgan fingerprint density at radius 3 is 2.68 bits per heavy atom. The summed E-state index contributed by atoms with van der Waals surface area (Å²) in [6.45, 7) is 6.27. The van der Waals surface area contributed by atoms with E-state index in [2.05, 4.69) is 9.71 Å². The van der Waals surface area contributed by atoms with E-state index in [1.807, 2.05) is 20.8 Å². The lowest BCUT2D eigenvalue weighted by Gasteiger charge is -2.42. The van der Waals surface area contributed by atoms with Gasteiger partial charge in [-0.15, -0.1) is 11.8 Å². The average Bonchev–Trinajstić information content (AvgIpc) is 3.22. The lowest BCUT2D eigenvalue weighted by atomic mass is 9.74. The standard InChI is InChI=1S/C23H43N5O4S2/c1-13-12-18(32-4)14(2)15(3)21(13)34(30,31)28-23(25)26-11-7-8-16(24)20(29)22-27-17-9-5-6-10-19(17)33-22/h13-21,29H,5-12,24H2,1-4H3,(H3,25,26,28)/t13?,14?,15?,16-,17?,18?,19?,20?,21?/m0/s1. The van der Waals surface area contributed by atoms with Gasteiger partial charge in [0.05, 0.1) is 22.4 Å². The zero-order chi connectivity index (χ0) is 25.0. The number of nitrogens with zero attached hydrogens (tertiary/aromatic N) is 2. The minimum absolute atomic E-state index is 0.0545. The van der Waals surface area contributed by atoms with Crippen molar-refractivity contribution >= 4 is 32.8 Å². The maximum atomic E-state index is 13.1. The second-order valence-electron chi connectivity index (χ2n) is 10.3. The molecule has 8 unspecified atom stereocenters. The summed E-state index contributed by atoms with van der Waals surface area (Å²) in [4.78, 5) is 8.92. The van der Waals surface area contributed by atoms with E-state index in [1.165, 1.54) is 12.8 Å². The van der Waals surface area contributed by atoms with Crippen LogP contribution in [0.1, 0.15) is 65.7 Å². The van der Waals surface area contributed by atoms with Gasteiger partial charge in [0.25, 0.3) is 0 Å². The van der Waals surface area contributed by atoms with Crippen LogP contribution >= 0.6 is 11.8 Å². The number of rotatable bonds is 9. The van der Waals surface area contributed by atoms with Crippen molar-refractivity contribution in [1.82, 2.24) is 4.72 Å². The first-order chi connectivity index (χ1) is 16.0. The molecular weight excluding hydrogens is 474 g/mol. The number of aliphatic hydroxyl groups is 1. The number of fused-ring (bicyclic) bond motifs is 1. The van der Waals surface area contributed by atoms with Gasteiger partial charge in [-0.2, -0.15) is 0 Å². The van der Waals surface area contributed by atoms with Crippen LogP contribution in [0, 0.1) is 17.8 Å². The van der Waals surface area contributed by atoms with Crippen molar-refractivity contribution in [2.75, 3.05) is 13.7 Å². The minimum atomic E-state index is -3.68. The van der Waals surface area contributed by atoms with Gasteiger partial charge >= 0.3 is 0 Å². The average molecular weight is 518 g/mol. The van der Waals surface area contributed by atoms with E-state index in [1.54, 1.807) is 18.9 Å². The van der Waals surface area contributed by atoms with Crippen molar-refractivity contribution in [3.8, 4) is 0 Å². The van der Waals surface area contributed by atoms with Crippen LogP contribution in [0.15, 0.2) is 9.98 Å². The van der Waals surface area contributed by atoms with Gasteiger partial charge in [0.15, 0.2) is 0 Å². The van der Waals surface area contributed by atoms with Gasteiger partial charge in [-0.1, -0.05) is 33.6 Å². The third-order valence-corrected chi connectivity index (χ3v) is 11.4. The van der Waals surface area contributed by atoms with Crippen LogP contribution in [-0.4, -0.2) is 73.0 Å². The molecule has 196 valence electrons. The quantitative estimate of drug-likeness (QED) is 0.207. The van der Waals surface area contributed by atoms with Crippen LogP contribution in [0.5, 0.6) is 0 Å². The molecule has 9 nitrogen and oxygen atoms in total. The lowest BCUT2D eigenvalue weighted by Crippen LogP contribution is -2.53. The summed E-state index contributed by atoms with van der Waals surface area (Å²) in [5.41, 5.74) is 12.1. The monoisotopic (exact) mass is 517 g/mol. The van der Waals surface area contributed by atoms with Gasteiger partial charge in [0.2, 0.25) is 16.0 Å². The first-order valence-electron chi connectivity index (χ1n) is 12.6. The molecule has 11 heteroatoms. The van der Waals surface area contributed by atoms with Crippen LogP contribution in [-0.2, 0) is 14.8 Å². The Bertz CT molecular complexity index is 852. The van der Waals surface area contributed by atoms with Gasteiger partial charge in [-0.3, -0.25) is 14.7 Å². The predicted octanol–water partition coefficient (Wildman–Crippen LogP) is 1.84.